The van der Waals surface area contributed by atoms with Crippen LogP contribution in [0.4, 0.5) is 0 Å². The lowest BCUT2D eigenvalue weighted by Crippen LogP contribution is -2.40. The van der Waals surface area contributed by atoms with Gasteiger partial charge in [0.25, 0.3) is 0 Å². The largest absolute Gasteiger partial charge is 0.340 e. The molecule has 1 unspecified atom stereocenters. The van der Waals surface area contributed by atoms with E-state index < -0.39 is 0 Å². The van der Waals surface area contributed by atoms with Gasteiger partial charge < -0.3 is 10.2 Å². The maximum Gasteiger partial charge on any atom is 0.236 e. The van der Waals surface area contributed by atoms with Crippen molar-refractivity contribution >= 4 is 30.1 Å². The van der Waals surface area contributed by atoms with Crippen LogP contribution in [0.1, 0.15) is 26.2 Å². The van der Waals surface area contributed by atoms with Crippen molar-refractivity contribution in [1.82, 2.24) is 10.2 Å². The number of halogens is 1. The van der Waals surface area contributed by atoms with Gasteiger partial charge in [-0.2, -0.15) is 11.8 Å². The minimum absolute atomic E-state index is 0. The zero-order chi connectivity index (χ0) is 11.1. The number of likely N-dealkylation sites (N-methyl/N-ethyl adjacent to an activating group) is 1. The summed E-state index contributed by atoms with van der Waals surface area (Å²) in [5, 5.41) is 3.59. The van der Waals surface area contributed by atoms with Crippen molar-refractivity contribution in [1.29, 1.82) is 0 Å². The van der Waals surface area contributed by atoms with Gasteiger partial charge in [-0.25, -0.2) is 0 Å². The average molecular weight is 267 g/mol. The van der Waals surface area contributed by atoms with Crippen LogP contribution in [0.3, 0.4) is 0 Å². The highest BCUT2D eigenvalue weighted by Gasteiger charge is 2.21. The van der Waals surface area contributed by atoms with E-state index >= 15 is 0 Å². The number of hydrogen-bond acceptors (Lipinski definition) is 3. The van der Waals surface area contributed by atoms with Gasteiger partial charge in [0.1, 0.15) is 0 Å². The molecule has 0 radical (unpaired) electrons. The van der Waals surface area contributed by atoms with Gasteiger partial charge in [0.05, 0.1) is 6.54 Å². The first-order valence-electron chi connectivity index (χ1n) is 5.82. The number of likely N-dealkylation sites (tertiary alicyclic amines) is 1. The Morgan fingerprint density at radius 1 is 1.50 bits per heavy atom. The highest BCUT2D eigenvalue weighted by atomic mass is 35.5. The van der Waals surface area contributed by atoms with Crippen LogP contribution in [-0.4, -0.2) is 48.5 Å². The van der Waals surface area contributed by atoms with E-state index in [2.05, 4.69) is 12.2 Å². The summed E-state index contributed by atoms with van der Waals surface area (Å²) in [5.74, 6) is 1.40. The second kappa shape index (κ2) is 9.14. The summed E-state index contributed by atoms with van der Waals surface area (Å²) in [4.78, 5) is 13.8. The van der Waals surface area contributed by atoms with Crippen molar-refractivity contribution in [2.24, 2.45) is 0 Å². The summed E-state index contributed by atoms with van der Waals surface area (Å²) < 4.78 is 0. The predicted molar refractivity (Wildman–Crippen MR) is 73.5 cm³/mol. The third-order valence-electron chi connectivity index (χ3n) is 2.71. The predicted octanol–water partition coefficient (Wildman–Crippen LogP) is 1.76. The summed E-state index contributed by atoms with van der Waals surface area (Å²) in [7, 11) is 1.83. The van der Waals surface area contributed by atoms with Crippen LogP contribution in [0, 0.1) is 0 Å². The molecule has 0 aliphatic carbocycles. The van der Waals surface area contributed by atoms with Gasteiger partial charge in [0, 0.05) is 18.3 Å². The summed E-state index contributed by atoms with van der Waals surface area (Å²) >= 11 is 1.99. The van der Waals surface area contributed by atoms with E-state index in [9.17, 15) is 4.79 Å². The molecule has 1 heterocycles. The van der Waals surface area contributed by atoms with Crippen molar-refractivity contribution in [3.05, 3.63) is 0 Å². The molecule has 1 amide bonds. The van der Waals surface area contributed by atoms with Crippen molar-refractivity contribution in [2.45, 2.75) is 31.4 Å². The second-order valence-electron chi connectivity index (χ2n) is 3.94. The fraction of sp³-hybridized carbons (Fsp3) is 0.909. The molecule has 1 aliphatic heterocycles. The van der Waals surface area contributed by atoms with E-state index in [1.807, 2.05) is 23.7 Å². The number of hydrogen-bond donors (Lipinski definition) is 1. The molecular formula is C11H23ClN2OS. The van der Waals surface area contributed by atoms with E-state index in [1.54, 1.807) is 0 Å². The highest BCUT2D eigenvalue weighted by molar-refractivity contribution is 7.99. The van der Waals surface area contributed by atoms with E-state index in [-0.39, 0.29) is 18.3 Å². The molecule has 1 saturated heterocycles. The van der Waals surface area contributed by atoms with Gasteiger partial charge in [0.2, 0.25) is 5.91 Å². The molecule has 5 heteroatoms. The molecule has 16 heavy (non-hydrogen) atoms. The SMILES string of the molecule is CCSC1CCCCN(C(=O)CNC)C1.Cl. The van der Waals surface area contributed by atoms with Gasteiger partial charge in [-0.1, -0.05) is 13.3 Å². The molecule has 0 aromatic heterocycles. The number of rotatable bonds is 4. The highest BCUT2D eigenvalue weighted by Crippen LogP contribution is 2.21. The smallest absolute Gasteiger partial charge is 0.236 e. The van der Waals surface area contributed by atoms with Crippen LogP contribution in [0.5, 0.6) is 0 Å². The van der Waals surface area contributed by atoms with Crippen molar-refractivity contribution < 1.29 is 4.79 Å². The van der Waals surface area contributed by atoms with Crippen LogP contribution in [0.2, 0.25) is 0 Å². The van der Waals surface area contributed by atoms with Crippen LogP contribution >= 0.6 is 24.2 Å². The van der Waals surface area contributed by atoms with Crippen molar-refractivity contribution in [3.8, 4) is 0 Å². The molecule has 1 atom stereocenters. The van der Waals surface area contributed by atoms with Crippen LogP contribution in [0.15, 0.2) is 0 Å². The number of nitrogens with zero attached hydrogens (tertiary/aromatic N) is 1. The van der Waals surface area contributed by atoms with Gasteiger partial charge in [-0.15, -0.1) is 12.4 Å². The zero-order valence-electron chi connectivity index (χ0n) is 10.2. The Morgan fingerprint density at radius 2 is 2.25 bits per heavy atom. The van der Waals surface area contributed by atoms with E-state index in [0.29, 0.717) is 11.8 Å². The molecule has 0 bridgehead atoms. The van der Waals surface area contributed by atoms with Crippen LogP contribution in [-0.2, 0) is 4.79 Å². The fourth-order valence-corrected chi connectivity index (χ4v) is 3.05. The zero-order valence-corrected chi connectivity index (χ0v) is 11.8. The molecule has 3 nitrogen and oxygen atoms in total. The average Bonchev–Trinajstić information content (AvgIpc) is 2.44. The lowest BCUT2D eigenvalue weighted by molar-refractivity contribution is -0.130. The first-order valence-corrected chi connectivity index (χ1v) is 6.86. The molecule has 0 saturated carbocycles. The standard InChI is InChI=1S/C11H22N2OS.ClH/c1-3-15-10-6-4-5-7-13(9-10)11(14)8-12-2;/h10,12H,3-9H2,1-2H3;1H. The normalized spacial score (nSPS) is 21.1. The Labute approximate surface area is 109 Å². The molecule has 0 aromatic rings. The molecule has 96 valence electrons. The molecule has 1 fully saturated rings. The Bertz CT molecular complexity index is 204. The van der Waals surface area contributed by atoms with Crippen LogP contribution in [0.25, 0.3) is 0 Å². The van der Waals surface area contributed by atoms with Crippen LogP contribution < -0.4 is 5.32 Å². The first kappa shape index (κ1) is 16.1. The monoisotopic (exact) mass is 266 g/mol. The van der Waals surface area contributed by atoms with Crippen molar-refractivity contribution in [2.75, 3.05) is 32.4 Å². The first-order chi connectivity index (χ1) is 7.27. The third kappa shape index (κ3) is 5.41. The molecule has 1 rings (SSSR count). The van der Waals surface area contributed by atoms with Gasteiger partial charge in [-0.05, 0) is 25.6 Å². The lowest BCUT2D eigenvalue weighted by atomic mass is 10.2. The molecule has 0 aromatic carbocycles. The number of carbonyl (C=O) groups is 1. The summed E-state index contributed by atoms with van der Waals surface area (Å²) in [6.45, 7) is 4.55. The molecular weight excluding hydrogens is 244 g/mol. The number of thioether (sulfide) groups is 1. The van der Waals surface area contributed by atoms with Gasteiger partial charge >= 0.3 is 0 Å². The lowest BCUT2D eigenvalue weighted by Gasteiger charge is -2.24. The van der Waals surface area contributed by atoms with E-state index in [1.165, 1.54) is 12.8 Å². The third-order valence-corrected chi connectivity index (χ3v) is 3.90. The minimum atomic E-state index is 0. The minimum Gasteiger partial charge on any atom is -0.340 e. The number of amides is 1. The Balaban J connectivity index is 0.00000225. The number of nitrogens with one attached hydrogen (secondary N) is 1. The Kier molecular flexibility index (Phi) is 9.18. The maximum absolute atomic E-state index is 11.8. The fourth-order valence-electron chi connectivity index (χ4n) is 1.96. The van der Waals surface area contributed by atoms with Gasteiger partial charge in [-0.3, -0.25) is 4.79 Å². The second-order valence-corrected chi connectivity index (χ2v) is 5.52. The molecule has 1 aliphatic rings. The Hall–Kier alpha value is 0.0700. The van der Waals surface area contributed by atoms with Gasteiger partial charge in [0.15, 0.2) is 0 Å². The summed E-state index contributed by atoms with van der Waals surface area (Å²) in [5.41, 5.74) is 0. The van der Waals surface area contributed by atoms with Crippen molar-refractivity contribution in [3.63, 3.8) is 0 Å². The topological polar surface area (TPSA) is 32.3 Å². The van der Waals surface area contributed by atoms with E-state index in [4.69, 9.17) is 0 Å². The molecule has 1 N–H and O–H groups in total. The van der Waals surface area contributed by atoms with E-state index in [0.717, 1.165) is 25.3 Å². The quantitative estimate of drug-likeness (QED) is 0.842. The summed E-state index contributed by atoms with van der Waals surface area (Å²) in [6, 6.07) is 0. The summed E-state index contributed by atoms with van der Waals surface area (Å²) in [6.07, 6.45) is 3.69. The molecule has 0 spiro atoms. The number of carbonyl (C=O) groups excluding carboxylic acids is 1. The Morgan fingerprint density at radius 3 is 2.88 bits per heavy atom. The maximum atomic E-state index is 11.8.